The summed E-state index contributed by atoms with van der Waals surface area (Å²) in [7, 11) is 0. The highest BCUT2D eigenvalue weighted by atomic mass is 32.9. The van der Waals surface area contributed by atoms with Gasteiger partial charge in [-0.3, -0.25) is 9.89 Å². The van der Waals surface area contributed by atoms with Crippen LogP contribution < -0.4 is 5.50 Å². The Morgan fingerprint density at radius 2 is 2.40 bits per heavy atom. The first-order chi connectivity index (χ1) is 4.62. The van der Waals surface area contributed by atoms with Gasteiger partial charge in [0, 0.05) is 5.75 Å². The minimum absolute atomic E-state index is 0.341. The van der Waals surface area contributed by atoms with Gasteiger partial charge in [0.1, 0.15) is 0 Å². The Morgan fingerprint density at radius 3 is 2.80 bits per heavy atom. The third kappa shape index (κ3) is 5.62. The van der Waals surface area contributed by atoms with Crippen LogP contribution in [0, 0.1) is 0 Å². The van der Waals surface area contributed by atoms with E-state index in [2.05, 4.69) is 0 Å². The molecule has 0 amide bonds. The number of hydrogen-bond acceptors (Lipinski definition) is 3. The molecule has 0 rings (SSSR count). The van der Waals surface area contributed by atoms with Gasteiger partial charge in [0.05, 0.1) is 13.3 Å². The van der Waals surface area contributed by atoms with E-state index in [1.807, 2.05) is 6.92 Å². The lowest BCUT2D eigenvalue weighted by Crippen LogP contribution is -1.96. The smallest absolute Gasteiger partial charge is 0.183 e. The van der Waals surface area contributed by atoms with Crippen molar-refractivity contribution in [1.29, 1.82) is 0 Å². The van der Waals surface area contributed by atoms with Gasteiger partial charge < -0.3 is 4.52 Å². The number of alkyl halides is 1. The van der Waals surface area contributed by atoms with Crippen LogP contribution in [0.5, 0.6) is 0 Å². The molecule has 0 radical (unpaired) electrons. The van der Waals surface area contributed by atoms with Crippen molar-refractivity contribution >= 4 is 28.8 Å². The lowest BCUT2D eigenvalue weighted by atomic mass is 10.9. The molecule has 0 saturated carbocycles. The third-order valence-corrected chi connectivity index (χ3v) is 5.18. The predicted octanol–water partition coefficient (Wildman–Crippen LogP) is 1.91. The third-order valence-electron chi connectivity index (χ3n) is 0.657. The van der Waals surface area contributed by atoms with Crippen LogP contribution in [0.15, 0.2) is 0 Å². The molecule has 0 aliphatic carbocycles. The molecule has 0 bridgehead atoms. The van der Waals surface area contributed by atoms with E-state index in [-0.39, 0.29) is 0 Å². The van der Waals surface area contributed by atoms with E-state index >= 15 is 0 Å². The van der Waals surface area contributed by atoms with Gasteiger partial charge in [-0.1, -0.05) is 11.4 Å². The summed E-state index contributed by atoms with van der Waals surface area (Å²) in [5.41, 5.74) is 3.31. The van der Waals surface area contributed by atoms with Crippen LogP contribution in [0.3, 0.4) is 0 Å². The van der Waals surface area contributed by atoms with Crippen LogP contribution in [0.4, 0.5) is 4.39 Å². The van der Waals surface area contributed by atoms with Gasteiger partial charge >= 0.3 is 0 Å². The Labute approximate surface area is 69.6 Å². The first-order valence-electron chi connectivity index (χ1n) is 2.86. The van der Waals surface area contributed by atoms with Gasteiger partial charge in [-0.2, -0.15) is 0 Å². The SMILES string of the molecule is CCOP(N)(=S)SCCF. The average Bonchev–Trinajstić information content (AvgIpc) is 1.84. The molecule has 0 saturated heterocycles. The zero-order valence-corrected chi connectivity index (χ0v) is 8.28. The standard InChI is InChI=1S/C4H11FNOPS2/c1-2-7-8(6,9)10-4-3-5/h2-4H2,1H3,(H2,6,9). The molecule has 6 heteroatoms. The van der Waals surface area contributed by atoms with Gasteiger partial charge in [-0.05, 0) is 18.7 Å². The Bertz CT molecular complexity index is 134. The summed E-state index contributed by atoms with van der Waals surface area (Å²) in [5, 5.41) is 0. The Kier molecular flexibility index (Phi) is 5.96. The highest BCUT2D eigenvalue weighted by molar-refractivity contribution is 8.68. The molecule has 0 aromatic rings. The minimum Gasteiger partial charge on any atom is -0.331 e. The van der Waals surface area contributed by atoms with Gasteiger partial charge in [-0.25, -0.2) is 0 Å². The molecule has 1 unspecified atom stereocenters. The molecule has 62 valence electrons. The van der Waals surface area contributed by atoms with Crippen molar-refractivity contribution in [2.45, 2.75) is 6.92 Å². The van der Waals surface area contributed by atoms with Crippen molar-refractivity contribution in [1.82, 2.24) is 0 Å². The highest BCUT2D eigenvalue weighted by Gasteiger charge is 2.09. The summed E-state index contributed by atoms with van der Waals surface area (Å²) in [5.74, 6) is 0.341. The number of nitrogens with two attached hydrogens (primary N) is 1. The van der Waals surface area contributed by atoms with Gasteiger partial charge in [0.15, 0.2) is 5.62 Å². The van der Waals surface area contributed by atoms with E-state index in [4.69, 9.17) is 21.8 Å². The van der Waals surface area contributed by atoms with E-state index < -0.39 is 12.3 Å². The summed E-state index contributed by atoms with van der Waals surface area (Å²) in [6, 6.07) is 0. The van der Waals surface area contributed by atoms with Crippen LogP contribution in [-0.2, 0) is 16.3 Å². The molecule has 1 atom stereocenters. The minimum atomic E-state index is -2.20. The van der Waals surface area contributed by atoms with E-state index in [0.717, 1.165) is 0 Å². The first-order valence-corrected chi connectivity index (χ1v) is 7.24. The normalized spacial score (nSPS) is 16.7. The van der Waals surface area contributed by atoms with Crippen molar-refractivity contribution < 1.29 is 8.91 Å². The largest absolute Gasteiger partial charge is 0.331 e. The maximum atomic E-state index is 11.6. The van der Waals surface area contributed by atoms with E-state index in [1.165, 1.54) is 11.4 Å². The topological polar surface area (TPSA) is 35.2 Å². The van der Waals surface area contributed by atoms with Crippen LogP contribution in [-0.4, -0.2) is 19.0 Å². The summed E-state index contributed by atoms with van der Waals surface area (Å²) in [4.78, 5) is 0. The molecule has 10 heavy (non-hydrogen) atoms. The molecular weight excluding hydrogens is 192 g/mol. The molecule has 2 nitrogen and oxygen atoms in total. The van der Waals surface area contributed by atoms with Crippen molar-refractivity contribution in [3.05, 3.63) is 0 Å². The fraction of sp³-hybridized carbons (Fsp3) is 1.00. The quantitative estimate of drug-likeness (QED) is 0.692. The Balaban J connectivity index is 3.53. The molecule has 0 aromatic carbocycles. The van der Waals surface area contributed by atoms with Crippen LogP contribution in [0.2, 0.25) is 0 Å². The fourth-order valence-corrected chi connectivity index (χ4v) is 3.63. The second kappa shape index (κ2) is 5.49. The van der Waals surface area contributed by atoms with Gasteiger partial charge in [0.25, 0.3) is 0 Å². The maximum absolute atomic E-state index is 11.6. The summed E-state index contributed by atoms with van der Waals surface area (Å²) < 4.78 is 16.6. The van der Waals surface area contributed by atoms with Crippen LogP contribution >= 0.6 is 17.0 Å². The second-order valence-electron chi connectivity index (χ2n) is 1.48. The Hall–Kier alpha value is 0.850. The molecule has 0 aromatic heterocycles. The summed E-state index contributed by atoms with van der Waals surface area (Å²) >= 11 is 6.08. The number of hydrogen-bond donors (Lipinski definition) is 1. The predicted molar refractivity (Wildman–Crippen MR) is 48.5 cm³/mol. The zero-order valence-electron chi connectivity index (χ0n) is 5.75. The van der Waals surface area contributed by atoms with E-state index in [1.54, 1.807) is 0 Å². The molecule has 0 fully saturated rings. The van der Waals surface area contributed by atoms with Crippen LogP contribution in [0.1, 0.15) is 6.92 Å². The van der Waals surface area contributed by atoms with Gasteiger partial charge in [0.2, 0.25) is 0 Å². The molecule has 0 heterocycles. The summed E-state index contributed by atoms with van der Waals surface area (Å²) in [6.07, 6.45) is 0. The van der Waals surface area contributed by atoms with Crippen molar-refractivity contribution in [2.75, 3.05) is 19.0 Å². The van der Waals surface area contributed by atoms with Gasteiger partial charge in [-0.15, -0.1) is 0 Å². The van der Waals surface area contributed by atoms with E-state index in [0.29, 0.717) is 12.4 Å². The molecule has 0 spiro atoms. The van der Waals surface area contributed by atoms with Crippen molar-refractivity contribution in [3.8, 4) is 0 Å². The number of halogens is 1. The molecular formula is C4H11FNOPS2. The fourth-order valence-electron chi connectivity index (χ4n) is 0.379. The number of rotatable bonds is 5. The average molecular weight is 203 g/mol. The second-order valence-corrected chi connectivity index (χ2v) is 8.21. The van der Waals surface area contributed by atoms with Crippen molar-refractivity contribution in [3.63, 3.8) is 0 Å². The lowest BCUT2D eigenvalue weighted by molar-refractivity contribution is 0.385. The lowest BCUT2D eigenvalue weighted by Gasteiger charge is -2.13. The monoisotopic (exact) mass is 203 g/mol. The molecule has 0 aliphatic heterocycles. The Morgan fingerprint density at radius 1 is 1.80 bits per heavy atom. The maximum Gasteiger partial charge on any atom is 0.183 e. The summed E-state index contributed by atoms with van der Waals surface area (Å²) in [6.45, 7) is 1.93. The zero-order chi connectivity index (χ0) is 8.04. The van der Waals surface area contributed by atoms with Crippen LogP contribution in [0.25, 0.3) is 0 Å². The first kappa shape index (κ1) is 10.8. The van der Waals surface area contributed by atoms with Crippen molar-refractivity contribution in [2.24, 2.45) is 5.50 Å². The highest BCUT2D eigenvalue weighted by Crippen LogP contribution is 2.52. The molecule has 2 N–H and O–H groups in total. The van der Waals surface area contributed by atoms with E-state index in [9.17, 15) is 4.39 Å². The molecule has 0 aliphatic rings.